The number of ether oxygens (including phenoxy) is 1. The molecule has 0 saturated carbocycles. The Morgan fingerprint density at radius 1 is 1.40 bits per heavy atom. The second-order valence-electron chi connectivity index (χ2n) is 4.91. The monoisotopic (exact) mass is 300 g/mol. The van der Waals surface area contributed by atoms with Gasteiger partial charge in [0.05, 0.1) is 12.4 Å². The fourth-order valence-electron chi connectivity index (χ4n) is 2.39. The highest BCUT2D eigenvalue weighted by molar-refractivity contribution is 7.89. The molecule has 2 heterocycles. The summed E-state index contributed by atoms with van der Waals surface area (Å²) in [6.45, 7) is 4.00. The highest BCUT2D eigenvalue weighted by atomic mass is 32.2. The Bertz CT molecular complexity index is 541. The van der Waals surface area contributed by atoms with Gasteiger partial charge in [0.1, 0.15) is 12.1 Å². The molecular formula is C12H20N4O3S. The molecular weight excluding hydrogens is 280 g/mol. The van der Waals surface area contributed by atoms with E-state index in [1.165, 1.54) is 6.33 Å². The van der Waals surface area contributed by atoms with Gasteiger partial charge in [-0.15, -0.1) is 0 Å². The van der Waals surface area contributed by atoms with Crippen LogP contribution in [0.25, 0.3) is 0 Å². The van der Waals surface area contributed by atoms with Crippen LogP contribution >= 0.6 is 0 Å². The lowest BCUT2D eigenvalue weighted by Gasteiger charge is -2.32. The van der Waals surface area contributed by atoms with Crippen LogP contribution in [0.3, 0.4) is 0 Å². The molecule has 1 aromatic heterocycles. The van der Waals surface area contributed by atoms with Crippen LogP contribution in [0.2, 0.25) is 0 Å². The molecule has 0 aromatic carbocycles. The third kappa shape index (κ3) is 4.31. The number of sulfonamides is 1. The lowest BCUT2D eigenvalue weighted by atomic mass is 9.99. The van der Waals surface area contributed by atoms with Crippen LogP contribution < -0.4 is 14.8 Å². The summed E-state index contributed by atoms with van der Waals surface area (Å²) in [6, 6.07) is 1.81. The Balaban J connectivity index is 1.95. The molecule has 7 nitrogen and oxygen atoms in total. The van der Waals surface area contributed by atoms with Gasteiger partial charge in [0, 0.05) is 19.2 Å². The molecule has 20 heavy (non-hydrogen) atoms. The van der Waals surface area contributed by atoms with Gasteiger partial charge in [0.2, 0.25) is 15.9 Å². The van der Waals surface area contributed by atoms with Crippen molar-refractivity contribution in [2.75, 3.05) is 30.3 Å². The Morgan fingerprint density at radius 2 is 2.10 bits per heavy atom. The molecule has 0 radical (unpaired) electrons. The average Bonchev–Trinajstić information content (AvgIpc) is 2.38. The van der Waals surface area contributed by atoms with Crippen molar-refractivity contribution in [3.8, 4) is 5.88 Å². The van der Waals surface area contributed by atoms with Crippen molar-refractivity contribution in [1.82, 2.24) is 9.97 Å². The van der Waals surface area contributed by atoms with Crippen molar-refractivity contribution >= 4 is 15.8 Å². The van der Waals surface area contributed by atoms with Crippen molar-refractivity contribution in [2.24, 2.45) is 11.1 Å². The number of hydrogen-bond donors (Lipinski definition) is 1. The number of hydrogen-bond acceptors (Lipinski definition) is 6. The van der Waals surface area contributed by atoms with E-state index in [9.17, 15) is 8.42 Å². The summed E-state index contributed by atoms with van der Waals surface area (Å²) >= 11 is 0. The predicted molar refractivity (Wildman–Crippen MR) is 76.1 cm³/mol. The van der Waals surface area contributed by atoms with Crippen LogP contribution in [0.1, 0.15) is 19.8 Å². The first kappa shape index (κ1) is 15.0. The fraction of sp³-hybridized carbons (Fsp3) is 0.667. The number of primary sulfonamides is 1. The lowest BCUT2D eigenvalue weighted by molar-refractivity contribution is 0.326. The van der Waals surface area contributed by atoms with E-state index in [2.05, 4.69) is 14.9 Å². The highest BCUT2D eigenvalue weighted by Crippen LogP contribution is 2.23. The van der Waals surface area contributed by atoms with Gasteiger partial charge in [-0.1, -0.05) is 0 Å². The molecule has 1 aliphatic heterocycles. The van der Waals surface area contributed by atoms with E-state index in [4.69, 9.17) is 9.88 Å². The maximum atomic E-state index is 11.1. The predicted octanol–water partition coefficient (Wildman–Crippen LogP) is 0.380. The summed E-state index contributed by atoms with van der Waals surface area (Å²) in [5.74, 6) is 1.57. The van der Waals surface area contributed by atoms with Gasteiger partial charge in [-0.3, -0.25) is 0 Å². The van der Waals surface area contributed by atoms with Crippen molar-refractivity contribution < 1.29 is 13.2 Å². The van der Waals surface area contributed by atoms with E-state index in [0.717, 1.165) is 31.7 Å². The minimum atomic E-state index is -3.38. The molecule has 112 valence electrons. The lowest BCUT2D eigenvalue weighted by Crippen LogP contribution is -2.37. The minimum Gasteiger partial charge on any atom is -0.478 e. The van der Waals surface area contributed by atoms with Gasteiger partial charge in [-0.05, 0) is 25.7 Å². The van der Waals surface area contributed by atoms with E-state index >= 15 is 0 Å². The Kier molecular flexibility index (Phi) is 4.77. The first-order valence-electron chi connectivity index (χ1n) is 6.68. The number of rotatable bonds is 5. The zero-order valence-corrected chi connectivity index (χ0v) is 12.3. The van der Waals surface area contributed by atoms with Crippen LogP contribution in [-0.4, -0.2) is 43.8 Å². The topological polar surface area (TPSA) is 98.4 Å². The van der Waals surface area contributed by atoms with Gasteiger partial charge in [-0.25, -0.2) is 23.5 Å². The molecule has 1 aromatic rings. The highest BCUT2D eigenvalue weighted by Gasteiger charge is 2.23. The SMILES string of the molecule is CCOc1cc(N2CCC(CS(N)(=O)=O)CC2)ncn1. The van der Waals surface area contributed by atoms with Crippen LogP contribution in [0, 0.1) is 5.92 Å². The molecule has 0 unspecified atom stereocenters. The van der Waals surface area contributed by atoms with Crippen LogP contribution in [0.15, 0.2) is 12.4 Å². The number of piperidine rings is 1. The van der Waals surface area contributed by atoms with Crippen molar-refractivity contribution in [2.45, 2.75) is 19.8 Å². The van der Waals surface area contributed by atoms with E-state index in [1.54, 1.807) is 0 Å². The van der Waals surface area contributed by atoms with Gasteiger partial charge >= 0.3 is 0 Å². The third-order valence-electron chi connectivity index (χ3n) is 3.33. The number of nitrogens with zero attached hydrogens (tertiary/aromatic N) is 3. The molecule has 2 rings (SSSR count). The summed E-state index contributed by atoms with van der Waals surface area (Å²) < 4.78 is 27.5. The van der Waals surface area contributed by atoms with Gasteiger partial charge < -0.3 is 9.64 Å². The van der Waals surface area contributed by atoms with E-state index in [1.807, 2.05) is 13.0 Å². The smallest absolute Gasteiger partial charge is 0.218 e. The summed E-state index contributed by atoms with van der Waals surface area (Å²) in [5.41, 5.74) is 0. The first-order valence-corrected chi connectivity index (χ1v) is 8.39. The van der Waals surface area contributed by atoms with E-state index < -0.39 is 10.0 Å². The number of anilines is 1. The molecule has 1 saturated heterocycles. The van der Waals surface area contributed by atoms with Crippen LogP contribution in [0.4, 0.5) is 5.82 Å². The molecule has 0 bridgehead atoms. The molecule has 0 amide bonds. The van der Waals surface area contributed by atoms with Gasteiger partial charge in [0.15, 0.2) is 0 Å². The quantitative estimate of drug-likeness (QED) is 0.844. The summed E-state index contributed by atoms with van der Waals surface area (Å²) in [5, 5.41) is 5.09. The van der Waals surface area contributed by atoms with Crippen molar-refractivity contribution in [3.63, 3.8) is 0 Å². The molecule has 8 heteroatoms. The molecule has 0 atom stereocenters. The second-order valence-corrected chi connectivity index (χ2v) is 6.57. The maximum Gasteiger partial charge on any atom is 0.218 e. The fourth-order valence-corrected chi connectivity index (χ4v) is 3.38. The minimum absolute atomic E-state index is 0.0643. The zero-order valence-electron chi connectivity index (χ0n) is 11.5. The standard InChI is InChI=1S/C12H20N4O3S/c1-2-19-12-7-11(14-9-15-12)16-5-3-10(4-6-16)8-20(13,17)18/h7,9-10H,2-6,8H2,1H3,(H2,13,17,18). The molecule has 1 fully saturated rings. The van der Waals surface area contributed by atoms with Gasteiger partial charge in [-0.2, -0.15) is 0 Å². The van der Waals surface area contributed by atoms with Gasteiger partial charge in [0.25, 0.3) is 0 Å². The Labute approximate surface area is 119 Å². The molecule has 2 N–H and O–H groups in total. The van der Waals surface area contributed by atoms with E-state index in [-0.39, 0.29) is 11.7 Å². The van der Waals surface area contributed by atoms with Crippen LogP contribution in [0.5, 0.6) is 5.88 Å². The maximum absolute atomic E-state index is 11.1. The largest absolute Gasteiger partial charge is 0.478 e. The molecule has 1 aliphatic rings. The first-order chi connectivity index (χ1) is 9.48. The van der Waals surface area contributed by atoms with Crippen molar-refractivity contribution in [3.05, 3.63) is 12.4 Å². The zero-order chi connectivity index (χ0) is 14.6. The molecule has 0 aliphatic carbocycles. The average molecular weight is 300 g/mol. The van der Waals surface area contributed by atoms with Crippen LogP contribution in [-0.2, 0) is 10.0 Å². The summed E-state index contributed by atoms with van der Waals surface area (Å²) in [6.07, 6.45) is 3.07. The number of nitrogens with two attached hydrogens (primary N) is 1. The Morgan fingerprint density at radius 3 is 2.70 bits per heavy atom. The number of aromatic nitrogens is 2. The normalized spacial score (nSPS) is 17.2. The Hall–Kier alpha value is -1.41. The summed E-state index contributed by atoms with van der Waals surface area (Å²) in [7, 11) is -3.38. The van der Waals surface area contributed by atoms with E-state index in [0.29, 0.717) is 12.5 Å². The molecule has 0 spiro atoms. The third-order valence-corrected chi connectivity index (χ3v) is 4.26. The summed E-state index contributed by atoms with van der Waals surface area (Å²) in [4.78, 5) is 10.4. The second kappa shape index (κ2) is 6.36. The van der Waals surface area contributed by atoms with Crippen molar-refractivity contribution in [1.29, 1.82) is 0 Å².